The highest BCUT2D eigenvalue weighted by Gasteiger charge is 2.14. The van der Waals surface area contributed by atoms with Gasteiger partial charge in [0.15, 0.2) is 5.69 Å². The number of H-pyrrole nitrogens is 1. The average Bonchev–Trinajstić information content (AvgIpc) is 3.40. The molecule has 28 heavy (non-hydrogen) atoms. The molecule has 1 unspecified atom stereocenters. The molecule has 0 saturated carbocycles. The van der Waals surface area contributed by atoms with Crippen molar-refractivity contribution >= 4 is 16.8 Å². The molecule has 1 amide bonds. The van der Waals surface area contributed by atoms with Crippen LogP contribution in [0.1, 0.15) is 27.7 Å². The van der Waals surface area contributed by atoms with Crippen molar-refractivity contribution in [1.82, 2.24) is 30.5 Å². The molecule has 3 N–H and O–H groups in total. The van der Waals surface area contributed by atoms with Gasteiger partial charge < -0.3 is 10.4 Å². The van der Waals surface area contributed by atoms with E-state index in [4.69, 9.17) is 5.26 Å². The van der Waals surface area contributed by atoms with Crippen LogP contribution in [0.4, 0.5) is 0 Å². The number of amides is 1. The number of hydrogen-bond donors (Lipinski definition) is 3. The summed E-state index contributed by atoms with van der Waals surface area (Å²) >= 11 is 0. The molecule has 4 rings (SSSR count). The Labute approximate surface area is 159 Å². The van der Waals surface area contributed by atoms with Gasteiger partial charge in [-0.2, -0.15) is 10.4 Å². The van der Waals surface area contributed by atoms with Gasteiger partial charge in [0.25, 0.3) is 5.91 Å². The fourth-order valence-electron chi connectivity index (χ4n) is 2.74. The Morgan fingerprint density at radius 3 is 2.89 bits per heavy atom. The highest BCUT2D eigenvalue weighted by Crippen LogP contribution is 2.16. The van der Waals surface area contributed by atoms with Crippen molar-refractivity contribution in [1.29, 1.82) is 5.26 Å². The zero-order valence-corrected chi connectivity index (χ0v) is 14.6. The monoisotopic (exact) mass is 373 g/mol. The van der Waals surface area contributed by atoms with E-state index in [0.29, 0.717) is 11.1 Å². The molecule has 138 valence electrons. The van der Waals surface area contributed by atoms with Gasteiger partial charge in [-0.1, -0.05) is 17.3 Å². The largest absolute Gasteiger partial charge is 0.387 e. The van der Waals surface area contributed by atoms with Crippen LogP contribution in [0, 0.1) is 11.3 Å². The zero-order valence-electron chi connectivity index (χ0n) is 14.6. The Morgan fingerprint density at radius 1 is 1.29 bits per heavy atom. The molecule has 1 atom stereocenters. The van der Waals surface area contributed by atoms with E-state index in [2.05, 4.69) is 25.8 Å². The third-order valence-corrected chi connectivity index (χ3v) is 4.29. The lowest BCUT2D eigenvalue weighted by Gasteiger charge is -2.11. The molecule has 9 nitrogen and oxygen atoms in total. The SMILES string of the molecule is N#Cc1ccc(C(O)CNC(=O)c2cn(-c3ccc4[nH]ncc4c3)nn2)cc1. The molecule has 0 fully saturated rings. The Hall–Kier alpha value is -4.03. The smallest absolute Gasteiger partial charge is 0.273 e. The first-order valence-corrected chi connectivity index (χ1v) is 8.46. The van der Waals surface area contributed by atoms with Crippen molar-refractivity contribution in [2.45, 2.75) is 6.10 Å². The van der Waals surface area contributed by atoms with Crippen LogP contribution in [0.15, 0.2) is 54.9 Å². The lowest BCUT2D eigenvalue weighted by atomic mass is 10.1. The van der Waals surface area contributed by atoms with Gasteiger partial charge in [0.1, 0.15) is 0 Å². The maximum Gasteiger partial charge on any atom is 0.273 e. The summed E-state index contributed by atoms with van der Waals surface area (Å²) in [7, 11) is 0. The molecule has 4 aromatic rings. The number of aromatic nitrogens is 5. The molecule has 0 aliphatic rings. The van der Waals surface area contributed by atoms with Gasteiger partial charge in [-0.05, 0) is 35.9 Å². The second-order valence-corrected chi connectivity index (χ2v) is 6.15. The van der Waals surface area contributed by atoms with Crippen molar-refractivity contribution in [3.63, 3.8) is 0 Å². The first-order valence-electron chi connectivity index (χ1n) is 8.46. The van der Waals surface area contributed by atoms with E-state index < -0.39 is 12.0 Å². The highest BCUT2D eigenvalue weighted by atomic mass is 16.3. The summed E-state index contributed by atoms with van der Waals surface area (Å²) in [4.78, 5) is 12.3. The molecule has 0 aliphatic heterocycles. The number of hydrogen-bond acceptors (Lipinski definition) is 6. The van der Waals surface area contributed by atoms with Gasteiger partial charge in [0, 0.05) is 11.9 Å². The van der Waals surface area contributed by atoms with E-state index in [1.165, 1.54) is 10.9 Å². The van der Waals surface area contributed by atoms with Gasteiger partial charge in [0.2, 0.25) is 0 Å². The van der Waals surface area contributed by atoms with Crippen LogP contribution in [0.2, 0.25) is 0 Å². The Morgan fingerprint density at radius 2 is 2.11 bits per heavy atom. The van der Waals surface area contributed by atoms with Crippen LogP contribution < -0.4 is 5.32 Å². The summed E-state index contributed by atoms with van der Waals surface area (Å²) in [5.41, 5.74) is 2.90. The van der Waals surface area contributed by atoms with E-state index in [-0.39, 0.29) is 12.2 Å². The third-order valence-electron chi connectivity index (χ3n) is 4.29. The Balaban J connectivity index is 1.41. The summed E-state index contributed by atoms with van der Waals surface area (Å²) in [6, 6.07) is 14.1. The first-order chi connectivity index (χ1) is 13.6. The topological polar surface area (TPSA) is 133 Å². The Bertz CT molecular complexity index is 1170. The van der Waals surface area contributed by atoms with Gasteiger partial charge in [-0.25, -0.2) is 4.68 Å². The summed E-state index contributed by atoms with van der Waals surface area (Å²) in [6.07, 6.45) is 2.33. The predicted molar refractivity (Wildman–Crippen MR) is 99.5 cm³/mol. The number of aliphatic hydroxyl groups excluding tert-OH is 1. The summed E-state index contributed by atoms with van der Waals surface area (Å²) < 4.78 is 1.50. The lowest BCUT2D eigenvalue weighted by Crippen LogP contribution is -2.28. The van der Waals surface area contributed by atoms with Crippen LogP contribution in [0.3, 0.4) is 0 Å². The number of carbonyl (C=O) groups is 1. The van der Waals surface area contributed by atoms with Crippen molar-refractivity contribution in [2.75, 3.05) is 6.54 Å². The van der Waals surface area contributed by atoms with Gasteiger partial charge in [0.05, 0.1) is 41.3 Å². The maximum atomic E-state index is 12.3. The summed E-state index contributed by atoms with van der Waals surface area (Å²) in [5, 5.41) is 37.3. The standard InChI is InChI=1S/C19H15N7O2/c20-8-12-1-3-13(4-2-12)18(27)10-21-19(28)17-11-26(25-24-17)15-5-6-16-14(7-15)9-22-23-16/h1-7,9,11,18,27H,10H2,(H,21,28)(H,22,23). The van der Waals surface area contributed by atoms with Crippen molar-refractivity contribution < 1.29 is 9.90 Å². The molecule has 0 radical (unpaired) electrons. The second kappa shape index (κ2) is 7.30. The predicted octanol–water partition coefficient (Wildman–Crippen LogP) is 1.48. The molecule has 0 aliphatic carbocycles. The second-order valence-electron chi connectivity index (χ2n) is 6.15. The molecule has 0 bridgehead atoms. The van der Waals surface area contributed by atoms with E-state index in [1.54, 1.807) is 30.5 Å². The molecule has 2 aromatic heterocycles. The van der Waals surface area contributed by atoms with E-state index in [0.717, 1.165) is 16.6 Å². The van der Waals surface area contributed by atoms with E-state index >= 15 is 0 Å². The molecule has 0 saturated heterocycles. The van der Waals surface area contributed by atoms with Crippen molar-refractivity contribution in [3.05, 3.63) is 71.7 Å². The van der Waals surface area contributed by atoms with E-state index in [1.807, 2.05) is 24.3 Å². The van der Waals surface area contributed by atoms with Gasteiger partial charge in [-0.3, -0.25) is 9.89 Å². The zero-order chi connectivity index (χ0) is 19.5. The van der Waals surface area contributed by atoms with Crippen LogP contribution in [-0.4, -0.2) is 42.7 Å². The van der Waals surface area contributed by atoms with Crippen LogP contribution in [0.5, 0.6) is 0 Å². The fraction of sp³-hybridized carbons (Fsp3) is 0.105. The minimum absolute atomic E-state index is 0.0125. The molecular weight excluding hydrogens is 358 g/mol. The summed E-state index contributed by atoms with van der Waals surface area (Å²) in [5.74, 6) is -0.441. The van der Waals surface area contributed by atoms with Crippen molar-refractivity contribution in [3.8, 4) is 11.8 Å². The van der Waals surface area contributed by atoms with Crippen LogP contribution in [0.25, 0.3) is 16.6 Å². The van der Waals surface area contributed by atoms with Crippen LogP contribution >= 0.6 is 0 Å². The molecule has 2 heterocycles. The van der Waals surface area contributed by atoms with Crippen molar-refractivity contribution in [2.24, 2.45) is 0 Å². The summed E-state index contributed by atoms with van der Waals surface area (Å²) in [6.45, 7) is 0.0125. The quantitative estimate of drug-likeness (QED) is 0.485. The number of nitrogens with zero attached hydrogens (tertiary/aromatic N) is 5. The number of aliphatic hydroxyl groups is 1. The number of benzene rings is 2. The molecular formula is C19H15N7O2. The van der Waals surface area contributed by atoms with Gasteiger partial charge in [-0.15, -0.1) is 5.10 Å². The number of rotatable bonds is 5. The average molecular weight is 373 g/mol. The number of nitrogens with one attached hydrogen (secondary N) is 2. The maximum absolute atomic E-state index is 12.3. The number of aromatic amines is 1. The highest BCUT2D eigenvalue weighted by molar-refractivity contribution is 5.92. The third kappa shape index (κ3) is 3.44. The number of nitriles is 1. The lowest BCUT2D eigenvalue weighted by molar-refractivity contribution is 0.0911. The van der Waals surface area contributed by atoms with Gasteiger partial charge >= 0.3 is 0 Å². The minimum Gasteiger partial charge on any atom is -0.387 e. The fourth-order valence-corrected chi connectivity index (χ4v) is 2.74. The molecule has 0 spiro atoms. The Kier molecular flexibility index (Phi) is 4.53. The first kappa shape index (κ1) is 17.4. The van der Waals surface area contributed by atoms with E-state index in [9.17, 15) is 9.90 Å². The number of carbonyl (C=O) groups excluding carboxylic acids is 1. The number of fused-ring (bicyclic) bond motifs is 1. The molecule has 2 aromatic carbocycles. The molecule has 9 heteroatoms. The normalized spacial score (nSPS) is 11.9. The minimum atomic E-state index is -0.893. The van der Waals surface area contributed by atoms with Crippen LogP contribution in [-0.2, 0) is 0 Å².